The van der Waals surface area contributed by atoms with Gasteiger partial charge in [0.05, 0.1) is 24.3 Å². The predicted octanol–water partition coefficient (Wildman–Crippen LogP) is 2.11. The van der Waals surface area contributed by atoms with Gasteiger partial charge >= 0.3 is 0 Å². The first-order chi connectivity index (χ1) is 10.2. The topological polar surface area (TPSA) is 78.0 Å². The van der Waals surface area contributed by atoms with Crippen molar-refractivity contribution in [2.24, 2.45) is 0 Å². The quantitative estimate of drug-likeness (QED) is 0.808. The van der Waals surface area contributed by atoms with Gasteiger partial charge in [-0.1, -0.05) is 12.1 Å². The van der Waals surface area contributed by atoms with Gasteiger partial charge in [-0.05, 0) is 43.4 Å². The number of aromatic amines is 1. The Balaban J connectivity index is 1.62. The minimum Gasteiger partial charge on any atom is -0.393 e. The molecule has 0 bridgehead atoms. The monoisotopic (exact) mass is 285 g/mol. The lowest BCUT2D eigenvalue weighted by Gasteiger charge is -2.26. The molecular formula is C16H19N3O2. The summed E-state index contributed by atoms with van der Waals surface area (Å²) in [7, 11) is 0. The highest BCUT2D eigenvalue weighted by atomic mass is 16.3. The highest BCUT2D eigenvalue weighted by molar-refractivity contribution is 5.94. The Hall–Kier alpha value is -2.14. The summed E-state index contributed by atoms with van der Waals surface area (Å²) in [6.07, 6.45) is 6.41. The number of hydrogen-bond donors (Lipinski definition) is 3. The van der Waals surface area contributed by atoms with Gasteiger partial charge in [-0.15, -0.1) is 0 Å². The summed E-state index contributed by atoms with van der Waals surface area (Å²) in [4.78, 5) is 19.2. The SMILES string of the molecule is O=C(NC1CCC(O)CC1)c1ccc(-c2cnc[nH]2)cc1. The third-order valence-corrected chi connectivity index (χ3v) is 3.99. The molecule has 5 nitrogen and oxygen atoms in total. The van der Waals surface area contributed by atoms with Gasteiger partial charge in [-0.2, -0.15) is 0 Å². The molecule has 1 aliphatic carbocycles. The van der Waals surface area contributed by atoms with Gasteiger partial charge in [0.1, 0.15) is 0 Å². The average Bonchev–Trinajstić information content (AvgIpc) is 3.04. The molecule has 0 atom stereocenters. The summed E-state index contributed by atoms with van der Waals surface area (Å²) in [5.74, 6) is -0.0486. The fourth-order valence-electron chi connectivity index (χ4n) is 2.70. The van der Waals surface area contributed by atoms with Crippen molar-refractivity contribution < 1.29 is 9.90 Å². The third-order valence-electron chi connectivity index (χ3n) is 3.99. The van der Waals surface area contributed by atoms with Gasteiger partial charge in [-0.3, -0.25) is 4.79 Å². The Morgan fingerprint density at radius 3 is 2.52 bits per heavy atom. The molecule has 3 rings (SSSR count). The number of rotatable bonds is 3. The summed E-state index contributed by atoms with van der Waals surface area (Å²) in [5.41, 5.74) is 2.59. The van der Waals surface area contributed by atoms with Crippen LogP contribution in [-0.4, -0.2) is 33.1 Å². The van der Waals surface area contributed by atoms with Crippen LogP contribution in [0.15, 0.2) is 36.8 Å². The summed E-state index contributed by atoms with van der Waals surface area (Å²) in [6, 6.07) is 7.64. The Kier molecular flexibility index (Phi) is 4.01. The minimum atomic E-state index is -0.202. The first kappa shape index (κ1) is 13.8. The highest BCUT2D eigenvalue weighted by Gasteiger charge is 2.21. The maximum absolute atomic E-state index is 12.2. The molecule has 1 aromatic carbocycles. The number of carbonyl (C=O) groups is 1. The fraction of sp³-hybridized carbons (Fsp3) is 0.375. The standard InChI is InChI=1S/C16H19N3O2/c20-14-7-5-13(6-8-14)19-16(21)12-3-1-11(2-4-12)15-9-17-10-18-15/h1-4,9-10,13-14,20H,5-8H2,(H,17,18)(H,19,21). The van der Waals surface area contributed by atoms with Crippen LogP contribution >= 0.6 is 0 Å². The summed E-state index contributed by atoms with van der Waals surface area (Å²) >= 11 is 0. The Morgan fingerprint density at radius 1 is 1.19 bits per heavy atom. The Morgan fingerprint density at radius 2 is 1.90 bits per heavy atom. The number of nitrogens with one attached hydrogen (secondary N) is 2. The molecule has 1 fully saturated rings. The number of hydrogen-bond acceptors (Lipinski definition) is 3. The second kappa shape index (κ2) is 6.10. The average molecular weight is 285 g/mol. The number of H-pyrrole nitrogens is 1. The van der Waals surface area contributed by atoms with Gasteiger partial charge in [0, 0.05) is 11.6 Å². The molecule has 0 unspecified atom stereocenters. The van der Waals surface area contributed by atoms with Crippen molar-refractivity contribution in [2.45, 2.75) is 37.8 Å². The van der Waals surface area contributed by atoms with Gasteiger partial charge < -0.3 is 15.4 Å². The van der Waals surface area contributed by atoms with Crippen LogP contribution in [0.5, 0.6) is 0 Å². The Labute approximate surface area is 123 Å². The van der Waals surface area contributed by atoms with Gasteiger partial charge in [0.15, 0.2) is 0 Å². The van der Waals surface area contributed by atoms with Crippen molar-refractivity contribution in [3.63, 3.8) is 0 Å². The molecule has 1 aliphatic rings. The van der Waals surface area contributed by atoms with Crippen LogP contribution in [0.4, 0.5) is 0 Å². The van der Waals surface area contributed by atoms with Crippen LogP contribution in [-0.2, 0) is 0 Å². The largest absolute Gasteiger partial charge is 0.393 e. The molecule has 0 saturated heterocycles. The number of imidazole rings is 1. The van der Waals surface area contributed by atoms with Crippen LogP contribution < -0.4 is 5.32 Å². The van der Waals surface area contributed by atoms with E-state index in [4.69, 9.17) is 0 Å². The van der Waals surface area contributed by atoms with Crippen LogP contribution in [0, 0.1) is 0 Å². The number of aromatic nitrogens is 2. The lowest BCUT2D eigenvalue weighted by molar-refractivity contribution is 0.0867. The maximum Gasteiger partial charge on any atom is 0.251 e. The molecular weight excluding hydrogens is 266 g/mol. The zero-order chi connectivity index (χ0) is 14.7. The van der Waals surface area contributed by atoms with Gasteiger partial charge in [0.2, 0.25) is 0 Å². The summed E-state index contributed by atoms with van der Waals surface area (Å²) < 4.78 is 0. The summed E-state index contributed by atoms with van der Waals surface area (Å²) in [5, 5.41) is 12.5. The number of benzene rings is 1. The lowest BCUT2D eigenvalue weighted by Crippen LogP contribution is -2.38. The number of aliphatic hydroxyl groups is 1. The van der Waals surface area contributed by atoms with E-state index >= 15 is 0 Å². The molecule has 110 valence electrons. The van der Waals surface area contributed by atoms with E-state index in [1.54, 1.807) is 12.5 Å². The Bertz CT molecular complexity index is 584. The zero-order valence-corrected chi connectivity index (χ0v) is 11.7. The van der Waals surface area contributed by atoms with Crippen LogP contribution in [0.2, 0.25) is 0 Å². The fourth-order valence-corrected chi connectivity index (χ4v) is 2.70. The van der Waals surface area contributed by atoms with E-state index in [1.807, 2.05) is 24.3 Å². The van der Waals surface area contributed by atoms with Crippen LogP contribution in [0.25, 0.3) is 11.3 Å². The van der Waals surface area contributed by atoms with Gasteiger partial charge in [0.25, 0.3) is 5.91 Å². The van der Waals surface area contributed by atoms with Crippen molar-refractivity contribution >= 4 is 5.91 Å². The van der Waals surface area contributed by atoms with E-state index in [-0.39, 0.29) is 18.1 Å². The van der Waals surface area contributed by atoms with Crippen LogP contribution in [0.1, 0.15) is 36.0 Å². The molecule has 1 saturated carbocycles. The minimum absolute atomic E-state index is 0.0486. The zero-order valence-electron chi connectivity index (χ0n) is 11.7. The third kappa shape index (κ3) is 3.31. The van der Waals surface area contributed by atoms with E-state index in [2.05, 4.69) is 15.3 Å². The smallest absolute Gasteiger partial charge is 0.251 e. The first-order valence-electron chi connectivity index (χ1n) is 7.30. The molecule has 0 spiro atoms. The van der Waals surface area contributed by atoms with E-state index < -0.39 is 0 Å². The molecule has 21 heavy (non-hydrogen) atoms. The van der Waals surface area contributed by atoms with Crippen molar-refractivity contribution in [3.8, 4) is 11.3 Å². The molecule has 0 radical (unpaired) electrons. The van der Waals surface area contributed by atoms with Crippen molar-refractivity contribution in [1.29, 1.82) is 0 Å². The molecule has 2 aromatic rings. The second-order valence-corrected chi connectivity index (χ2v) is 5.52. The van der Waals surface area contributed by atoms with E-state index in [0.717, 1.165) is 36.9 Å². The van der Waals surface area contributed by atoms with Crippen molar-refractivity contribution in [2.75, 3.05) is 0 Å². The van der Waals surface area contributed by atoms with Crippen molar-refractivity contribution in [3.05, 3.63) is 42.4 Å². The van der Waals surface area contributed by atoms with Crippen LogP contribution in [0.3, 0.4) is 0 Å². The molecule has 1 amide bonds. The summed E-state index contributed by atoms with van der Waals surface area (Å²) in [6.45, 7) is 0. The second-order valence-electron chi connectivity index (χ2n) is 5.52. The molecule has 3 N–H and O–H groups in total. The lowest BCUT2D eigenvalue weighted by atomic mass is 9.93. The van der Waals surface area contributed by atoms with E-state index in [1.165, 1.54) is 0 Å². The number of amides is 1. The van der Waals surface area contributed by atoms with Gasteiger partial charge in [-0.25, -0.2) is 4.98 Å². The first-order valence-corrected chi connectivity index (χ1v) is 7.30. The van der Waals surface area contributed by atoms with Crippen molar-refractivity contribution in [1.82, 2.24) is 15.3 Å². The molecule has 0 aliphatic heterocycles. The number of aliphatic hydroxyl groups excluding tert-OH is 1. The molecule has 1 aromatic heterocycles. The highest BCUT2D eigenvalue weighted by Crippen LogP contribution is 2.20. The number of carbonyl (C=O) groups excluding carboxylic acids is 1. The number of nitrogens with zero attached hydrogens (tertiary/aromatic N) is 1. The predicted molar refractivity (Wildman–Crippen MR) is 79.8 cm³/mol. The molecule has 1 heterocycles. The molecule has 5 heteroatoms. The normalized spacial score (nSPS) is 22.0. The van der Waals surface area contributed by atoms with E-state index in [9.17, 15) is 9.90 Å². The maximum atomic E-state index is 12.2. The van der Waals surface area contributed by atoms with E-state index in [0.29, 0.717) is 5.56 Å².